The Bertz CT molecular complexity index is 331. The van der Waals surface area contributed by atoms with Gasteiger partial charge in [-0.2, -0.15) is 0 Å². The number of hydrogen-bond acceptors (Lipinski definition) is 2. The third kappa shape index (κ3) is 4.03. The normalized spacial score (nSPS) is 26.8. The quantitative estimate of drug-likeness (QED) is 0.697. The molecule has 0 spiro atoms. The van der Waals surface area contributed by atoms with Gasteiger partial charge in [-0.1, -0.05) is 44.6 Å². The highest BCUT2D eigenvalue weighted by Crippen LogP contribution is 2.14. The molecule has 1 heterocycles. The maximum absolute atomic E-state index is 10.9. The van der Waals surface area contributed by atoms with Gasteiger partial charge in [0.2, 0.25) is 5.91 Å². The van der Waals surface area contributed by atoms with Crippen molar-refractivity contribution in [2.45, 2.75) is 32.4 Å². The van der Waals surface area contributed by atoms with Crippen LogP contribution in [-0.2, 0) is 4.79 Å². The van der Waals surface area contributed by atoms with Gasteiger partial charge in [-0.05, 0) is 12.0 Å². The summed E-state index contributed by atoms with van der Waals surface area (Å²) in [6.07, 6.45) is 12.2. The average molecular weight is 221 g/mol. The van der Waals surface area contributed by atoms with E-state index < -0.39 is 5.72 Å². The van der Waals surface area contributed by atoms with Gasteiger partial charge in [-0.15, -0.1) is 0 Å². The maximum atomic E-state index is 10.9. The fourth-order valence-corrected chi connectivity index (χ4v) is 1.35. The topological polar surface area (TPSA) is 49.3 Å². The molecule has 0 bridgehead atoms. The molecule has 0 aromatic rings. The van der Waals surface area contributed by atoms with Crippen molar-refractivity contribution < 1.29 is 9.90 Å². The van der Waals surface area contributed by atoms with E-state index in [-0.39, 0.29) is 5.91 Å². The minimum Gasteiger partial charge on any atom is -0.367 e. The Labute approximate surface area is 96.5 Å². The zero-order chi connectivity index (χ0) is 12.0. The number of amides is 1. The molecule has 0 aromatic heterocycles. The molecule has 1 rings (SSSR count). The largest absolute Gasteiger partial charge is 0.367 e. The first-order valence-corrected chi connectivity index (χ1v) is 5.63. The molecule has 0 saturated carbocycles. The van der Waals surface area contributed by atoms with Crippen LogP contribution in [0.5, 0.6) is 0 Å². The molecule has 1 aliphatic heterocycles. The molecular formula is C13H19NO2. The van der Waals surface area contributed by atoms with E-state index >= 15 is 0 Å². The molecule has 2 N–H and O–H groups in total. The van der Waals surface area contributed by atoms with Gasteiger partial charge in [0.25, 0.3) is 0 Å². The second kappa shape index (κ2) is 5.66. The monoisotopic (exact) mass is 221 g/mol. The molecule has 0 unspecified atom stereocenters. The number of aliphatic hydroxyl groups is 1. The lowest BCUT2D eigenvalue weighted by atomic mass is 10.1. The summed E-state index contributed by atoms with van der Waals surface area (Å²) in [7, 11) is 0. The van der Waals surface area contributed by atoms with Crippen molar-refractivity contribution in [1.29, 1.82) is 0 Å². The van der Waals surface area contributed by atoms with Crippen LogP contribution in [-0.4, -0.2) is 16.7 Å². The maximum Gasteiger partial charge on any atom is 0.246 e. The van der Waals surface area contributed by atoms with Crippen molar-refractivity contribution in [3.63, 3.8) is 0 Å². The third-order valence-electron chi connectivity index (χ3n) is 2.61. The van der Waals surface area contributed by atoms with Crippen LogP contribution in [0.3, 0.4) is 0 Å². The van der Waals surface area contributed by atoms with Crippen molar-refractivity contribution >= 4 is 5.91 Å². The molecule has 3 nitrogen and oxygen atoms in total. The van der Waals surface area contributed by atoms with Gasteiger partial charge in [0.15, 0.2) is 5.72 Å². The molecule has 0 fully saturated rings. The van der Waals surface area contributed by atoms with E-state index in [4.69, 9.17) is 0 Å². The SMILES string of the molecule is CC[C@@H](C)/C=C/C=C/C[C@@]1(O)C=CC(=O)N1. The summed E-state index contributed by atoms with van der Waals surface area (Å²) in [4.78, 5) is 10.9. The van der Waals surface area contributed by atoms with E-state index in [2.05, 4.69) is 25.2 Å². The van der Waals surface area contributed by atoms with Crippen molar-refractivity contribution in [2.75, 3.05) is 0 Å². The van der Waals surface area contributed by atoms with Crippen LogP contribution < -0.4 is 5.32 Å². The zero-order valence-corrected chi connectivity index (χ0v) is 9.81. The molecule has 0 saturated heterocycles. The number of rotatable bonds is 5. The number of carbonyl (C=O) groups is 1. The molecular weight excluding hydrogens is 202 g/mol. The van der Waals surface area contributed by atoms with Crippen molar-refractivity contribution in [3.8, 4) is 0 Å². The molecule has 3 heteroatoms. The summed E-state index contributed by atoms with van der Waals surface area (Å²) >= 11 is 0. The van der Waals surface area contributed by atoms with Crippen LogP contribution in [0, 0.1) is 5.92 Å². The Morgan fingerprint density at radius 2 is 2.31 bits per heavy atom. The van der Waals surface area contributed by atoms with Gasteiger partial charge >= 0.3 is 0 Å². The predicted molar refractivity (Wildman–Crippen MR) is 64.6 cm³/mol. The summed E-state index contributed by atoms with van der Waals surface area (Å²) in [5.41, 5.74) is -1.20. The second-order valence-corrected chi connectivity index (χ2v) is 4.15. The first-order valence-electron chi connectivity index (χ1n) is 5.63. The molecule has 1 aliphatic rings. The Balaban J connectivity index is 2.35. The molecule has 2 atom stereocenters. The first-order chi connectivity index (χ1) is 7.56. The third-order valence-corrected chi connectivity index (χ3v) is 2.61. The molecule has 0 radical (unpaired) electrons. The Kier molecular flexibility index (Phi) is 4.50. The zero-order valence-electron chi connectivity index (χ0n) is 9.81. The lowest BCUT2D eigenvalue weighted by Crippen LogP contribution is -2.41. The Morgan fingerprint density at radius 1 is 1.56 bits per heavy atom. The Morgan fingerprint density at radius 3 is 2.88 bits per heavy atom. The highest BCUT2D eigenvalue weighted by Gasteiger charge is 2.28. The molecule has 0 aromatic carbocycles. The van der Waals surface area contributed by atoms with Crippen LogP contribution >= 0.6 is 0 Å². The van der Waals surface area contributed by atoms with Crippen molar-refractivity contribution in [3.05, 3.63) is 36.5 Å². The van der Waals surface area contributed by atoms with Gasteiger partial charge in [-0.3, -0.25) is 4.79 Å². The van der Waals surface area contributed by atoms with Gasteiger partial charge in [0, 0.05) is 12.5 Å². The minimum absolute atomic E-state index is 0.244. The van der Waals surface area contributed by atoms with Gasteiger partial charge in [-0.25, -0.2) is 0 Å². The number of nitrogens with one attached hydrogen (secondary N) is 1. The van der Waals surface area contributed by atoms with Crippen LogP contribution in [0.4, 0.5) is 0 Å². The summed E-state index contributed by atoms with van der Waals surface area (Å²) in [5, 5.41) is 12.3. The van der Waals surface area contributed by atoms with E-state index in [1.807, 2.05) is 18.2 Å². The minimum atomic E-state index is -1.20. The second-order valence-electron chi connectivity index (χ2n) is 4.15. The van der Waals surface area contributed by atoms with Crippen LogP contribution in [0.1, 0.15) is 26.7 Å². The van der Waals surface area contributed by atoms with Crippen LogP contribution in [0.15, 0.2) is 36.5 Å². The summed E-state index contributed by atoms with van der Waals surface area (Å²) in [6.45, 7) is 4.29. The molecule has 16 heavy (non-hydrogen) atoms. The van der Waals surface area contributed by atoms with Crippen molar-refractivity contribution in [2.24, 2.45) is 5.92 Å². The van der Waals surface area contributed by atoms with E-state index in [0.29, 0.717) is 12.3 Å². The summed E-state index contributed by atoms with van der Waals surface area (Å²) in [5.74, 6) is 0.324. The number of allylic oxidation sites excluding steroid dienone is 3. The predicted octanol–water partition coefficient (Wildman–Crippen LogP) is 1.91. The molecule has 0 aliphatic carbocycles. The fourth-order valence-electron chi connectivity index (χ4n) is 1.35. The van der Waals surface area contributed by atoms with Crippen molar-refractivity contribution in [1.82, 2.24) is 5.32 Å². The number of carbonyl (C=O) groups excluding carboxylic acids is 1. The van der Waals surface area contributed by atoms with Crippen LogP contribution in [0.25, 0.3) is 0 Å². The van der Waals surface area contributed by atoms with Gasteiger partial charge < -0.3 is 10.4 Å². The summed E-state index contributed by atoms with van der Waals surface area (Å²) in [6, 6.07) is 0. The van der Waals surface area contributed by atoms with Gasteiger partial charge in [0.1, 0.15) is 0 Å². The average Bonchev–Trinajstić information content (AvgIpc) is 2.58. The number of hydrogen-bond donors (Lipinski definition) is 2. The lowest BCUT2D eigenvalue weighted by molar-refractivity contribution is -0.119. The standard InChI is InChI=1S/C13H19NO2/c1-3-11(2)7-5-4-6-9-13(16)10-8-12(15)14-13/h4-8,10-11,16H,3,9H2,1-2H3,(H,14,15)/b6-4+,7-5+/t11-,13-/m1/s1. The fraction of sp³-hybridized carbons (Fsp3) is 0.462. The van der Waals surface area contributed by atoms with E-state index in [1.165, 1.54) is 12.2 Å². The highest BCUT2D eigenvalue weighted by atomic mass is 16.3. The molecule has 1 amide bonds. The van der Waals surface area contributed by atoms with Gasteiger partial charge in [0.05, 0.1) is 0 Å². The summed E-state index contributed by atoms with van der Waals surface area (Å²) < 4.78 is 0. The van der Waals surface area contributed by atoms with E-state index in [0.717, 1.165) is 6.42 Å². The smallest absolute Gasteiger partial charge is 0.246 e. The highest BCUT2D eigenvalue weighted by molar-refractivity contribution is 5.91. The van der Waals surface area contributed by atoms with Crippen LogP contribution in [0.2, 0.25) is 0 Å². The van der Waals surface area contributed by atoms with E-state index in [1.54, 1.807) is 0 Å². The molecule has 88 valence electrons. The first kappa shape index (κ1) is 12.7. The Hall–Kier alpha value is -1.35. The lowest BCUT2D eigenvalue weighted by Gasteiger charge is -2.18. The van der Waals surface area contributed by atoms with E-state index in [9.17, 15) is 9.90 Å².